The van der Waals surface area contributed by atoms with E-state index in [1.54, 1.807) is 35.6 Å². The van der Waals surface area contributed by atoms with E-state index in [1.807, 2.05) is 0 Å². The van der Waals surface area contributed by atoms with E-state index >= 15 is 0 Å². The molecule has 0 atom stereocenters. The second-order valence-electron chi connectivity index (χ2n) is 4.78. The van der Waals surface area contributed by atoms with E-state index in [0.717, 1.165) is 11.8 Å². The van der Waals surface area contributed by atoms with Gasteiger partial charge in [0.15, 0.2) is 10.7 Å². The highest BCUT2D eigenvalue weighted by molar-refractivity contribution is 7.99. The maximum absolute atomic E-state index is 11.1. The van der Waals surface area contributed by atoms with E-state index in [9.17, 15) is 10.1 Å². The molecule has 0 saturated heterocycles. The van der Waals surface area contributed by atoms with E-state index in [-0.39, 0.29) is 18.4 Å². The van der Waals surface area contributed by atoms with Crippen LogP contribution in [0.1, 0.15) is 0 Å². The van der Waals surface area contributed by atoms with Crippen molar-refractivity contribution in [1.29, 1.82) is 0 Å². The van der Waals surface area contributed by atoms with Gasteiger partial charge in [-0.2, -0.15) is 9.97 Å². The third kappa shape index (κ3) is 2.80. The minimum absolute atomic E-state index is 0.133. The van der Waals surface area contributed by atoms with Crippen LogP contribution in [0.3, 0.4) is 0 Å². The fourth-order valence-electron chi connectivity index (χ4n) is 2.01. The molecule has 0 N–H and O–H groups in total. The van der Waals surface area contributed by atoms with Gasteiger partial charge in [-0.05, 0) is 21.7 Å². The zero-order valence-electron chi connectivity index (χ0n) is 12.9. The molecule has 0 aliphatic rings. The van der Waals surface area contributed by atoms with Crippen LogP contribution < -0.4 is 4.74 Å². The molecule has 0 spiro atoms. The first-order valence-electron chi connectivity index (χ1n) is 6.77. The molecular formula is C13H13N7O3S. The standard InChI is InChI=1S/C13H13N7O3S/c1-4-5-23-13-16-9-8(18(2)6-14-9)11(17-13)24-12-10(20(21)22)15-7-19(12)3/h4,6-7H,1,5H2,2-3H3. The second kappa shape index (κ2) is 6.28. The molecule has 0 aliphatic heterocycles. The van der Waals surface area contributed by atoms with Gasteiger partial charge < -0.3 is 24.0 Å². The topological polar surface area (TPSA) is 114 Å². The number of aromatic nitrogens is 6. The van der Waals surface area contributed by atoms with Gasteiger partial charge in [-0.1, -0.05) is 12.7 Å². The Morgan fingerprint density at radius 1 is 1.33 bits per heavy atom. The lowest BCUT2D eigenvalue weighted by atomic mass is 10.5. The lowest BCUT2D eigenvalue weighted by Gasteiger charge is -2.07. The number of hydrogen-bond acceptors (Lipinski definition) is 8. The van der Waals surface area contributed by atoms with Gasteiger partial charge in [0.25, 0.3) is 0 Å². The van der Waals surface area contributed by atoms with Crippen LogP contribution in [-0.2, 0) is 14.1 Å². The summed E-state index contributed by atoms with van der Waals surface area (Å²) < 4.78 is 8.70. The summed E-state index contributed by atoms with van der Waals surface area (Å²) in [6.45, 7) is 3.82. The number of nitro groups is 1. The molecule has 0 amide bonds. The third-order valence-electron chi connectivity index (χ3n) is 3.08. The van der Waals surface area contributed by atoms with Crippen LogP contribution in [0.4, 0.5) is 5.82 Å². The Labute approximate surface area is 140 Å². The summed E-state index contributed by atoms with van der Waals surface area (Å²) in [4.78, 5) is 27.2. The normalized spacial score (nSPS) is 10.9. The van der Waals surface area contributed by atoms with Gasteiger partial charge in [0.2, 0.25) is 6.33 Å². The largest absolute Gasteiger partial charge is 0.459 e. The minimum atomic E-state index is -0.529. The monoisotopic (exact) mass is 347 g/mol. The molecule has 3 aromatic rings. The van der Waals surface area contributed by atoms with Crippen LogP contribution in [0.5, 0.6) is 6.01 Å². The molecule has 11 heteroatoms. The highest BCUT2D eigenvalue weighted by Crippen LogP contribution is 2.36. The minimum Gasteiger partial charge on any atom is -0.459 e. The Kier molecular flexibility index (Phi) is 4.16. The molecule has 3 heterocycles. The van der Waals surface area contributed by atoms with Gasteiger partial charge in [-0.3, -0.25) is 0 Å². The lowest BCUT2D eigenvalue weighted by molar-refractivity contribution is -0.392. The molecule has 3 aromatic heterocycles. The zero-order chi connectivity index (χ0) is 17.3. The van der Waals surface area contributed by atoms with Crippen LogP contribution in [0.2, 0.25) is 0 Å². The van der Waals surface area contributed by atoms with Gasteiger partial charge in [0.05, 0.1) is 6.33 Å². The Bertz CT molecular complexity index is 933. The molecule has 0 saturated carbocycles. The number of aryl methyl sites for hydroxylation is 2. The van der Waals surface area contributed by atoms with E-state index in [2.05, 4.69) is 26.5 Å². The molecule has 0 aliphatic carbocycles. The molecule has 124 valence electrons. The summed E-state index contributed by atoms with van der Waals surface area (Å²) in [5, 5.41) is 12.0. The summed E-state index contributed by atoms with van der Waals surface area (Å²) in [6.07, 6.45) is 4.56. The summed E-state index contributed by atoms with van der Waals surface area (Å²) in [5.41, 5.74) is 1.10. The molecule has 3 rings (SSSR count). The molecule has 0 bridgehead atoms. The van der Waals surface area contributed by atoms with E-state index in [1.165, 1.54) is 6.33 Å². The number of rotatable bonds is 6. The Balaban J connectivity index is 2.11. The summed E-state index contributed by atoms with van der Waals surface area (Å²) in [5.74, 6) is -0.231. The Morgan fingerprint density at radius 3 is 2.79 bits per heavy atom. The van der Waals surface area contributed by atoms with Gasteiger partial charge in [-0.15, -0.1) is 0 Å². The lowest BCUT2D eigenvalue weighted by Crippen LogP contribution is -2.02. The number of ether oxygens (including phenoxy) is 1. The predicted octanol–water partition coefficient (Wildman–Crippen LogP) is 1.72. The fourth-order valence-corrected chi connectivity index (χ4v) is 3.06. The van der Waals surface area contributed by atoms with Crippen molar-refractivity contribution < 1.29 is 9.66 Å². The quantitative estimate of drug-likeness (QED) is 0.286. The SMILES string of the molecule is C=CCOc1nc(Sc2c([N+](=O)[O-])ncn2C)c2c(ncn2C)n1. The first kappa shape index (κ1) is 15.9. The summed E-state index contributed by atoms with van der Waals surface area (Å²) >= 11 is 1.11. The Morgan fingerprint density at radius 2 is 2.08 bits per heavy atom. The van der Waals surface area contributed by atoms with Crippen LogP contribution in [0.15, 0.2) is 35.4 Å². The highest BCUT2D eigenvalue weighted by atomic mass is 32.2. The van der Waals surface area contributed by atoms with Crippen molar-refractivity contribution >= 4 is 28.7 Å². The van der Waals surface area contributed by atoms with Crippen LogP contribution >= 0.6 is 11.8 Å². The third-order valence-corrected chi connectivity index (χ3v) is 4.22. The zero-order valence-corrected chi connectivity index (χ0v) is 13.7. The first-order valence-corrected chi connectivity index (χ1v) is 7.59. The molecule has 0 radical (unpaired) electrons. The first-order chi connectivity index (χ1) is 11.5. The Hall–Kier alpha value is -2.95. The maximum atomic E-state index is 11.1. The van der Waals surface area contributed by atoms with Crippen molar-refractivity contribution in [2.75, 3.05) is 6.61 Å². The smallest absolute Gasteiger partial charge is 0.396 e. The van der Waals surface area contributed by atoms with Gasteiger partial charge in [0.1, 0.15) is 17.1 Å². The molecule has 0 aromatic carbocycles. The molecule has 10 nitrogen and oxygen atoms in total. The summed E-state index contributed by atoms with van der Waals surface area (Å²) in [6, 6.07) is 0.133. The number of nitrogens with zero attached hydrogens (tertiary/aromatic N) is 7. The average molecular weight is 347 g/mol. The van der Waals surface area contributed by atoms with E-state index in [4.69, 9.17) is 4.74 Å². The molecule has 0 unspecified atom stereocenters. The van der Waals surface area contributed by atoms with Crippen molar-refractivity contribution in [1.82, 2.24) is 29.1 Å². The number of hydrogen-bond donors (Lipinski definition) is 0. The van der Waals surface area contributed by atoms with E-state index < -0.39 is 4.92 Å². The van der Waals surface area contributed by atoms with Crippen LogP contribution in [0, 0.1) is 10.1 Å². The maximum Gasteiger partial charge on any atom is 0.396 e. The highest BCUT2D eigenvalue weighted by Gasteiger charge is 2.24. The average Bonchev–Trinajstić information content (AvgIpc) is 3.09. The van der Waals surface area contributed by atoms with Crippen molar-refractivity contribution in [3.05, 3.63) is 35.4 Å². The molecular weight excluding hydrogens is 334 g/mol. The number of fused-ring (bicyclic) bond motifs is 1. The van der Waals surface area contributed by atoms with Crippen molar-refractivity contribution in [2.24, 2.45) is 14.1 Å². The van der Waals surface area contributed by atoms with Gasteiger partial charge in [0, 0.05) is 14.1 Å². The van der Waals surface area contributed by atoms with Gasteiger partial charge in [-0.25, -0.2) is 4.98 Å². The number of imidazole rings is 2. The van der Waals surface area contributed by atoms with Crippen molar-refractivity contribution in [3.8, 4) is 6.01 Å². The summed E-state index contributed by atoms with van der Waals surface area (Å²) in [7, 11) is 3.48. The predicted molar refractivity (Wildman–Crippen MR) is 86.0 cm³/mol. The molecule has 24 heavy (non-hydrogen) atoms. The van der Waals surface area contributed by atoms with Crippen molar-refractivity contribution in [2.45, 2.75) is 10.1 Å². The van der Waals surface area contributed by atoms with Gasteiger partial charge >= 0.3 is 11.8 Å². The fraction of sp³-hybridized carbons (Fsp3) is 0.231. The molecule has 0 fully saturated rings. The van der Waals surface area contributed by atoms with E-state index in [0.29, 0.717) is 21.2 Å². The van der Waals surface area contributed by atoms with Crippen molar-refractivity contribution in [3.63, 3.8) is 0 Å². The second-order valence-corrected chi connectivity index (χ2v) is 5.76. The van der Waals surface area contributed by atoms with Crippen LogP contribution in [-0.4, -0.2) is 40.6 Å². The van der Waals surface area contributed by atoms with Crippen LogP contribution in [0.25, 0.3) is 11.2 Å².